The van der Waals surface area contributed by atoms with Gasteiger partial charge in [-0.05, 0) is 60.1 Å². The SMILES string of the molecule is CC(C)(C)C(NC(=O)COCCCCCOc1ccc(C(=O)O)cc1)C(=O)N1C[C@H](O)C[C@H]1C(=O)NCc1ccc(-c2cncs2)cc1. The zero-order chi connectivity index (χ0) is 34.7. The van der Waals surface area contributed by atoms with Crippen molar-refractivity contribution in [1.29, 1.82) is 0 Å². The van der Waals surface area contributed by atoms with E-state index in [9.17, 15) is 24.3 Å². The van der Waals surface area contributed by atoms with Crippen LogP contribution in [0.3, 0.4) is 0 Å². The van der Waals surface area contributed by atoms with Crippen molar-refractivity contribution in [3.63, 3.8) is 0 Å². The molecule has 12 nitrogen and oxygen atoms in total. The summed E-state index contributed by atoms with van der Waals surface area (Å²) in [5.74, 6) is -1.63. The molecule has 3 aromatic rings. The number of unbranched alkanes of at least 4 members (excludes halogenated alkanes) is 2. The number of hydrogen-bond donors (Lipinski definition) is 4. The predicted molar refractivity (Wildman–Crippen MR) is 180 cm³/mol. The molecule has 0 bridgehead atoms. The number of aromatic nitrogens is 1. The van der Waals surface area contributed by atoms with Gasteiger partial charge in [0.05, 0.1) is 28.7 Å². The molecule has 1 saturated heterocycles. The Labute approximate surface area is 284 Å². The van der Waals surface area contributed by atoms with Crippen molar-refractivity contribution in [2.45, 2.75) is 71.2 Å². The number of likely N-dealkylation sites (tertiary alicyclic amines) is 1. The lowest BCUT2D eigenvalue weighted by atomic mass is 9.85. The maximum Gasteiger partial charge on any atom is 0.335 e. The Balaban J connectivity index is 1.20. The Morgan fingerprint density at radius 2 is 1.73 bits per heavy atom. The molecule has 0 aliphatic carbocycles. The van der Waals surface area contributed by atoms with Crippen LogP contribution in [-0.2, 0) is 25.7 Å². The zero-order valence-electron chi connectivity index (χ0n) is 27.5. The number of carbonyl (C=O) groups excluding carboxylic acids is 3. The number of thiazole rings is 1. The first-order valence-electron chi connectivity index (χ1n) is 16.0. The lowest BCUT2D eigenvalue weighted by Gasteiger charge is -2.35. The van der Waals surface area contributed by atoms with E-state index in [2.05, 4.69) is 15.6 Å². The summed E-state index contributed by atoms with van der Waals surface area (Å²) in [6, 6.07) is 12.2. The fourth-order valence-electron chi connectivity index (χ4n) is 5.31. The van der Waals surface area contributed by atoms with Crippen LogP contribution in [0.4, 0.5) is 0 Å². The molecule has 1 fully saturated rings. The number of benzene rings is 2. The zero-order valence-corrected chi connectivity index (χ0v) is 28.3. The number of carboxylic acid groups (broad SMARTS) is 1. The Morgan fingerprint density at radius 3 is 2.38 bits per heavy atom. The quantitative estimate of drug-likeness (QED) is 0.164. The number of carbonyl (C=O) groups is 4. The summed E-state index contributed by atoms with van der Waals surface area (Å²) >= 11 is 1.55. The van der Waals surface area contributed by atoms with Crippen LogP contribution < -0.4 is 15.4 Å². The summed E-state index contributed by atoms with van der Waals surface area (Å²) < 4.78 is 11.2. The molecule has 13 heteroatoms. The van der Waals surface area contributed by atoms with Crippen molar-refractivity contribution >= 4 is 35.0 Å². The lowest BCUT2D eigenvalue weighted by Crippen LogP contribution is -2.58. The summed E-state index contributed by atoms with van der Waals surface area (Å²) in [6.07, 6.45) is 3.32. The standard InChI is InChI=1S/C35H44N4O8S/c1-35(2,3)31(38-30(41)21-46-15-5-4-6-16-47-27-13-11-25(12-14-27)34(44)45)33(43)39-20-26(40)17-28(39)32(42)37-18-23-7-9-24(10-8-23)29-19-36-22-48-29/h7-14,19,22,26,28,31,40H,4-6,15-18,20-21H2,1-3H3,(H,37,42)(H,38,41)(H,44,45)/t26-,28+,31?/m1/s1. The summed E-state index contributed by atoms with van der Waals surface area (Å²) in [4.78, 5) is 57.3. The number of hydrogen-bond acceptors (Lipinski definition) is 9. The van der Waals surface area contributed by atoms with Crippen LogP contribution in [-0.4, -0.2) is 88.3 Å². The third-order valence-corrected chi connectivity index (χ3v) is 8.78. The second-order valence-electron chi connectivity index (χ2n) is 12.8. The molecule has 4 N–H and O–H groups in total. The summed E-state index contributed by atoms with van der Waals surface area (Å²) in [5, 5.41) is 25.1. The number of nitrogens with zero attached hydrogens (tertiary/aromatic N) is 2. The van der Waals surface area contributed by atoms with Crippen LogP contribution in [0, 0.1) is 5.41 Å². The number of nitrogens with one attached hydrogen (secondary N) is 2. The number of aliphatic hydroxyl groups is 1. The molecule has 1 unspecified atom stereocenters. The maximum absolute atomic E-state index is 13.8. The Bertz CT molecular complexity index is 1510. The van der Waals surface area contributed by atoms with Crippen molar-refractivity contribution in [2.75, 3.05) is 26.4 Å². The highest BCUT2D eigenvalue weighted by atomic mass is 32.1. The fraction of sp³-hybridized carbons (Fsp3) is 0.457. The van der Waals surface area contributed by atoms with Gasteiger partial charge in [0, 0.05) is 32.3 Å². The molecule has 2 heterocycles. The highest BCUT2D eigenvalue weighted by Crippen LogP contribution is 2.27. The van der Waals surface area contributed by atoms with E-state index in [0.717, 1.165) is 28.8 Å². The first kappa shape index (κ1) is 36.5. The molecule has 48 heavy (non-hydrogen) atoms. The van der Waals surface area contributed by atoms with Crippen molar-refractivity contribution in [3.8, 4) is 16.2 Å². The van der Waals surface area contributed by atoms with Gasteiger partial charge in [-0.1, -0.05) is 45.0 Å². The van der Waals surface area contributed by atoms with E-state index in [4.69, 9.17) is 14.6 Å². The lowest BCUT2D eigenvalue weighted by molar-refractivity contribution is -0.144. The molecule has 3 atom stereocenters. The number of aliphatic hydroxyl groups excluding tert-OH is 1. The van der Waals surface area contributed by atoms with E-state index >= 15 is 0 Å². The van der Waals surface area contributed by atoms with Gasteiger partial charge in [-0.15, -0.1) is 11.3 Å². The van der Waals surface area contributed by atoms with E-state index in [0.29, 0.717) is 25.4 Å². The molecular weight excluding hydrogens is 636 g/mol. The minimum Gasteiger partial charge on any atom is -0.494 e. The Morgan fingerprint density at radius 1 is 1.02 bits per heavy atom. The molecule has 0 spiro atoms. The molecule has 0 saturated carbocycles. The molecule has 1 aliphatic heterocycles. The first-order valence-corrected chi connectivity index (χ1v) is 16.9. The highest BCUT2D eigenvalue weighted by molar-refractivity contribution is 7.13. The molecule has 1 aromatic heterocycles. The largest absolute Gasteiger partial charge is 0.494 e. The second-order valence-corrected chi connectivity index (χ2v) is 13.7. The van der Waals surface area contributed by atoms with Gasteiger partial charge in [-0.3, -0.25) is 19.4 Å². The van der Waals surface area contributed by atoms with Crippen LogP contribution in [0.1, 0.15) is 62.4 Å². The smallest absolute Gasteiger partial charge is 0.335 e. The van der Waals surface area contributed by atoms with E-state index in [1.807, 2.05) is 45.0 Å². The van der Waals surface area contributed by atoms with Gasteiger partial charge < -0.3 is 35.2 Å². The van der Waals surface area contributed by atoms with Crippen LogP contribution in [0.25, 0.3) is 10.4 Å². The van der Waals surface area contributed by atoms with Gasteiger partial charge in [0.2, 0.25) is 17.7 Å². The molecule has 0 radical (unpaired) electrons. The van der Waals surface area contributed by atoms with E-state index in [1.165, 1.54) is 17.0 Å². The third kappa shape index (κ3) is 10.6. The van der Waals surface area contributed by atoms with Crippen molar-refractivity contribution < 1.29 is 38.9 Å². The van der Waals surface area contributed by atoms with E-state index in [-0.39, 0.29) is 37.6 Å². The maximum atomic E-state index is 13.8. The second kappa shape index (κ2) is 17.2. The van der Waals surface area contributed by atoms with Gasteiger partial charge in [0.15, 0.2) is 0 Å². The van der Waals surface area contributed by atoms with Crippen molar-refractivity contribution in [1.82, 2.24) is 20.5 Å². The number of aromatic carboxylic acids is 1. The average molecular weight is 681 g/mol. The molecule has 2 aromatic carbocycles. The first-order chi connectivity index (χ1) is 22.9. The minimum absolute atomic E-state index is 0.00320. The number of β-amino-alcohol motifs (C(OH)–C–C–N with tert-alkyl or cyclic N) is 1. The monoisotopic (exact) mass is 680 g/mol. The topological polar surface area (TPSA) is 167 Å². The Kier molecular flexibility index (Phi) is 13.1. The van der Waals surface area contributed by atoms with Crippen molar-refractivity contribution in [2.24, 2.45) is 5.41 Å². The van der Waals surface area contributed by atoms with Gasteiger partial charge in [0.25, 0.3) is 0 Å². The third-order valence-electron chi connectivity index (χ3n) is 7.96. The van der Waals surface area contributed by atoms with E-state index < -0.39 is 41.4 Å². The Hall–Kier alpha value is -4.33. The minimum atomic E-state index is -0.988. The van der Waals surface area contributed by atoms with E-state index in [1.54, 1.807) is 35.2 Å². The normalized spacial score (nSPS) is 16.7. The molecule has 1 aliphatic rings. The summed E-state index contributed by atoms with van der Waals surface area (Å²) in [6.45, 7) is 6.35. The number of carboxylic acids is 1. The number of amides is 3. The molecule has 258 valence electrons. The molecule has 3 amide bonds. The highest BCUT2D eigenvalue weighted by Gasteiger charge is 2.44. The number of ether oxygens (including phenoxy) is 2. The van der Waals surface area contributed by atoms with Gasteiger partial charge in [-0.25, -0.2) is 4.79 Å². The predicted octanol–water partition coefficient (Wildman–Crippen LogP) is 3.88. The van der Waals surface area contributed by atoms with Crippen LogP contribution in [0.15, 0.2) is 60.2 Å². The van der Waals surface area contributed by atoms with Gasteiger partial charge >= 0.3 is 5.97 Å². The number of rotatable bonds is 16. The van der Waals surface area contributed by atoms with Crippen LogP contribution in [0.5, 0.6) is 5.75 Å². The fourth-order valence-corrected chi connectivity index (χ4v) is 5.94. The van der Waals surface area contributed by atoms with Gasteiger partial charge in [-0.2, -0.15) is 0 Å². The summed E-state index contributed by atoms with van der Waals surface area (Å²) in [5.41, 5.74) is 3.23. The summed E-state index contributed by atoms with van der Waals surface area (Å²) in [7, 11) is 0. The molecule has 4 rings (SSSR count). The van der Waals surface area contributed by atoms with Crippen molar-refractivity contribution in [3.05, 3.63) is 71.4 Å². The average Bonchev–Trinajstić information content (AvgIpc) is 3.74. The molecular formula is C35H44N4O8S. The van der Waals surface area contributed by atoms with Crippen LogP contribution >= 0.6 is 11.3 Å². The van der Waals surface area contributed by atoms with Crippen LogP contribution in [0.2, 0.25) is 0 Å². The van der Waals surface area contributed by atoms with Gasteiger partial charge in [0.1, 0.15) is 24.4 Å².